The average molecular weight is 348 g/mol. The van der Waals surface area contributed by atoms with Gasteiger partial charge in [-0.05, 0) is 24.6 Å². The highest BCUT2D eigenvalue weighted by Crippen LogP contribution is 2.53. The monoisotopic (exact) mass is 348 g/mol. The lowest BCUT2D eigenvalue weighted by Gasteiger charge is -2.43. The Morgan fingerprint density at radius 1 is 1.29 bits per heavy atom. The molecule has 0 bridgehead atoms. The zero-order valence-corrected chi connectivity index (χ0v) is 13.8. The molecule has 2 heterocycles. The Morgan fingerprint density at radius 2 is 1.92 bits per heavy atom. The Morgan fingerprint density at radius 3 is 2.42 bits per heavy atom. The van der Waals surface area contributed by atoms with Crippen LogP contribution in [0.15, 0.2) is 30.0 Å². The molecular weight excluding hydrogens is 332 g/mol. The van der Waals surface area contributed by atoms with Crippen molar-refractivity contribution >= 4 is 34.5 Å². The largest absolute Gasteiger partial charge is 0.477 e. The fraction of sp³-hybridized carbons (Fsp3) is 0.312. The number of carboxylic acid groups (broad SMARTS) is 1. The molecule has 0 unspecified atom stereocenters. The maximum Gasteiger partial charge on any atom is 0.353 e. The number of benzene rings is 1. The van der Waals surface area contributed by atoms with E-state index in [-0.39, 0.29) is 17.5 Å². The first-order valence-electron chi connectivity index (χ1n) is 7.34. The van der Waals surface area contributed by atoms with Crippen LogP contribution in [-0.2, 0) is 9.59 Å². The predicted molar refractivity (Wildman–Crippen MR) is 87.8 cm³/mol. The molecule has 3 N–H and O–H groups in total. The van der Waals surface area contributed by atoms with E-state index in [0.717, 1.165) is 0 Å². The van der Waals surface area contributed by atoms with Gasteiger partial charge in [0.25, 0.3) is 5.91 Å². The number of rotatable bonds is 4. The standard InChI is InChI=1S/C16H16N2O5S/c1-7(19)10-14(21)18-11(16(22)23)12(24-15(10)18)8-3-5-9(6-4-8)13(20)17-2/h3-7,10,15,19H,1-2H3,(H,17,20)(H,22,23)/t7-,10+,15-/m1/s1. The summed E-state index contributed by atoms with van der Waals surface area (Å²) in [7, 11) is 1.53. The number of nitrogens with one attached hydrogen (secondary N) is 1. The molecule has 0 aromatic heterocycles. The molecule has 2 amide bonds. The lowest BCUT2D eigenvalue weighted by atomic mass is 9.92. The van der Waals surface area contributed by atoms with E-state index in [0.29, 0.717) is 16.0 Å². The van der Waals surface area contributed by atoms with Gasteiger partial charge in [0, 0.05) is 17.5 Å². The summed E-state index contributed by atoms with van der Waals surface area (Å²) in [4.78, 5) is 37.1. The number of nitrogens with zero attached hydrogens (tertiary/aromatic N) is 1. The lowest BCUT2D eigenvalue weighted by molar-refractivity contribution is -0.156. The second kappa shape index (κ2) is 5.95. The Balaban J connectivity index is 1.97. The quantitative estimate of drug-likeness (QED) is 0.692. The third-order valence-corrected chi connectivity index (χ3v) is 5.55. The van der Waals surface area contributed by atoms with Crippen molar-refractivity contribution < 1.29 is 24.6 Å². The first-order chi connectivity index (χ1) is 11.4. The topological polar surface area (TPSA) is 107 Å². The Bertz CT molecular complexity index is 756. The predicted octanol–water partition coefficient (Wildman–Crippen LogP) is 0.711. The summed E-state index contributed by atoms with van der Waals surface area (Å²) in [6.45, 7) is 1.52. The van der Waals surface area contributed by atoms with E-state index < -0.39 is 23.4 Å². The molecule has 8 heteroatoms. The molecule has 2 aliphatic rings. The molecule has 1 aromatic rings. The average Bonchev–Trinajstić information content (AvgIpc) is 2.89. The number of amides is 2. The zero-order chi connectivity index (χ0) is 17.6. The van der Waals surface area contributed by atoms with Crippen molar-refractivity contribution in [3.8, 4) is 0 Å². The molecule has 0 saturated carbocycles. The van der Waals surface area contributed by atoms with E-state index in [1.54, 1.807) is 24.3 Å². The molecule has 1 fully saturated rings. The van der Waals surface area contributed by atoms with Gasteiger partial charge in [-0.2, -0.15) is 0 Å². The van der Waals surface area contributed by atoms with Gasteiger partial charge in [-0.1, -0.05) is 23.9 Å². The van der Waals surface area contributed by atoms with Crippen molar-refractivity contribution in [2.24, 2.45) is 5.92 Å². The van der Waals surface area contributed by atoms with Crippen LogP contribution in [0.4, 0.5) is 0 Å². The number of thioether (sulfide) groups is 1. The zero-order valence-electron chi connectivity index (χ0n) is 13.0. The van der Waals surface area contributed by atoms with Crippen LogP contribution in [-0.4, -0.2) is 51.4 Å². The van der Waals surface area contributed by atoms with Gasteiger partial charge in [0.1, 0.15) is 11.1 Å². The third-order valence-electron chi connectivity index (χ3n) is 4.14. The molecular formula is C16H16N2O5S. The highest BCUT2D eigenvalue weighted by Gasteiger charge is 2.57. The Labute approximate surface area is 142 Å². The van der Waals surface area contributed by atoms with Gasteiger partial charge in [0.2, 0.25) is 5.91 Å². The second-order valence-corrected chi connectivity index (χ2v) is 6.75. The number of hydrogen-bond acceptors (Lipinski definition) is 5. The van der Waals surface area contributed by atoms with Crippen molar-refractivity contribution in [2.45, 2.75) is 18.4 Å². The van der Waals surface area contributed by atoms with Gasteiger partial charge < -0.3 is 15.5 Å². The minimum absolute atomic E-state index is 0.0698. The SMILES string of the molecule is CNC(=O)c1ccc(C2=C(C(=O)O)N3C(=O)[C@H]([C@@H](C)O)[C@H]3S2)cc1. The van der Waals surface area contributed by atoms with Crippen LogP contribution in [0.25, 0.3) is 4.91 Å². The smallest absolute Gasteiger partial charge is 0.353 e. The van der Waals surface area contributed by atoms with E-state index in [1.807, 2.05) is 0 Å². The normalized spacial score (nSPS) is 23.6. The van der Waals surface area contributed by atoms with E-state index in [9.17, 15) is 24.6 Å². The highest BCUT2D eigenvalue weighted by molar-refractivity contribution is 8.09. The number of carboxylic acids is 1. The van der Waals surface area contributed by atoms with Gasteiger partial charge in [-0.25, -0.2) is 4.79 Å². The van der Waals surface area contributed by atoms with Gasteiger partial charge >= 0.3 is 5.97 Å². The molecule has 0 aliphatic carbocycles. The fourth-order valence-electron chi connectivity index (χ4n) is 2.90. The number of β-lactam (4-membered cyclic amide) rings is 1. The fourth-order valence-corrected chi connectivity index (χ4v) is 4.52. The number of aliphatic hydroxyl groups is 1. The molecule has 3 atom stereocenters. The first kappa shape index (κ1) is 16.5. The Hall–Kier alpha value is -2.32. The van der Waals surface area contributed by atoms with Gasteiger partial charge in [-0.15, -0.1) is 0 Å². The van der Waals surface area contributed by atoms with Crippen molar-refractivity contribution in [2.75, 3.05) is 7.05 Å². The summed E-state index contributed by atoms with van der Waals surface area (Å²) in [6.07, 6.45) is -0.837. The summed E-state index contributed by atoms with van der Waals surface area (Å²) in [5.41, 5.74) is 1.01. The Kier molecular flexibility index (Phi) is 4.10. The molecule has 7 nitrogen and oxygen atoms in total. The molecule has 1 saturated heterocycles. The van der Waals surface area contributed by atoms with Gasteiger partial charge in [-0.3, -0.25) is 14.5 Å². The number of carbonyl (C=O) groups excluding carboxylic acids is 2. The van der Waals surface area contributed by atoms with Crippen LogP contribution in [0.1, 0.15) is 22.8 Å². The number of carbonyl (C=O) groups is 3. The van der Waals surface area contributed by atoms with Crippen LogP contribution in [0.5, 0.6) is 0 Å². The van der Waals surface area contributed by atoms with E-state index >= 15 is 0 Å². The molecule has 2 aliphatic heterocycles. The van der Waals surface area contributed by atoms with Gasteiger partial charge in [0.15, 0.2) is 0 Å². The number of fused-ring (bicyclic) bond motifs is 1. The maximum absolute atomic E-state index is 12.2. The van der Waals surface area contributed by atoms with Gasteiger partial charge in [0.05, 0.1) is 12.0 Å². The number of hydrogen-bond donors (Lipinski definition) is 3. The number of aliphatic carboxylic acids is 1. The van der Waals surface area contributed by atoms with Crippen molar-refractivity contribution in [1.29, 1.82) is 0 Å². The summed E-state index contributed by atoms with van der Waals surface area (Å²) in [5, 5.41) is 21.3. The third kappa shape index (κ3) is 2.38. The van der Waals surface area contributed by atoms with Crippen LogP contribution in [0.2, 0.25) is 0 Å². The van der Waals surface area contributed by atoms with E-state index in [4.69, 9.17) is 0 Å². The van der Waals surface area contributed by atoms with E-state index in [2.05, 4.69) is 5.32 Å². The minimum atomic E-state index is -1.19. The molecule has 0 radical (unpaired) electrons. The first-order valence-corrected chi connectivity index (χ1v) is 8.22. The molecule has 3 rings (SSSR count). The summed E-state index contributed by atoms with van der Waals surface area (Å²) in [6, 6.07) is 6.52. The number of aliphatic hydroxyl groups excluding tert-OH is 1. The van der Waals surface area contributed by atoms with Crippen molar-refractivity contribution in [3.63, 3.8) is 0 Å². The molecule has 0 spiro atoms. The van der Waals surface area contributed by atoms with Crippen LogP contribution < -0.4 is 5.32 Å². The van der Waals surface area contributed by atoms with E-state index in [1.165, 1.54) is 30.6 Å². The van der Waals surface area contributed by atoms with Crippen molar-refractivity contribution in [3.05, 3.63) is 41.1 Å². The summed E-state index contributed by atoms with van der Waals surface area (Å²) < 4.78 is 0. The maximum atomic E-state index is 12.2. The van der Waals surface area contributed by atoms with Crippen LogP contribution >= 0.6 is 11.8 Å². The van der Waals surface area contributed by atoms with Crippen molar-refractivity contribution in [1.82, 2.24) is 10.2 Å². The molecule has 126 valence electrons. The van der Waals surface area contributed by atoms with Crippen LogP contribution in [0.3, 0.4) is 0 Å². The van der Waals surface area contributed by atoms with Crippen LogP contribution in [0, 0.1) is 5.92 Å². The lowest BCUT2D eigenvalue weighted by Crippen LogP contribution is -2.60. The minimum Gasteiger partial charge on any atom is -0.477 e. The summed E-state index contributed by atoms with van der Waals surface area (Å²) in [5.74, 6) is -2.40. The highest BCUT2D eigenvalue weighted by atomic mass is 32.2. The molecule has 24 heavy (non-hydrogen) atoms. The second-order valence-electron chi connectivity index (χ2n) is 5.62. The summed E-state index contributed by atoms with van der Waals surface area (Å²) >= 11 is 1.25. The molecule has 1 aromatic carbocycles.